The maximum Gasteiger partial charge on any atom is 0.228 e. The van der Waals surface area contributed by atoms with Gasteiger partial charge in [0, 0.05) is 35.9 Å². The number of amides is 1. The van der Waals surface area contributed by atoms with E-state index in [-0.39, 0.29) is 5.91 Å². The summed E-state index contributed by atoms with van der Waals surface area (Å²) in [6.45, 7) is 1.79. The van der Waals surface area contributed by atoms with E-state index in [2.05, 4.69) is 0 Å². The van der Waals surface area contributed by atoms with E-state index in [0.717, 1.165) is 53.6 Å². The van der Waals surface area contributed by atoms with Gasteiger partial charge in [-0.25, -0.2) is 4.98 Å². The fraction of sp³-hybridized carbons (Fsp3) is 0.368. The molecule has 1 aliphatic rings. The molecular weight excluding hydrogens is 334 g/mol. The zero-order chi connectivity index (χ0) is 17.2. The molecule has 0 bridgehead atoms. The lowest BCUT2D eigenvalue weighted by Gasteiger charge is -2.26. The van der Waals surface area contributed by atoms with Gasteiger partial charge in [0.2, 0.25) is 5.91 Å². The molecule has 1 aromatic carbocycles. The number of likely N-dealkylation sites (tertiary alicyclic amines) is 1. The molecule has 1 aliphatic heterocycles. The van der Waals surface area contributed by atoms with E-state index in [1.807, 2.05) is 45.1 Å². The van der Waals surface area contributed by atoms with E-state index < -0.39 is 0 Å². The Morgan fingerprint density at radius 2 is 1.96 bits per heavy atom. The summed E-state index contributed by atoms with van der Waals surface area (Å²) in [6, 6.07) is 7.88. The Kier molecular flexibility index (Phi) is 4.44. The van der Waals surface area contributed by atoms with Crippen LogP contribution in [0.25, 0.3) is 16.2 Å². The average Bonchev–Trinajstić information content (AvgIpc) is 3.24. The third-order valence-corrected chi connectivity index (χ3v) is 5.60. The molecule has 4 rings (SSSR count). The van der Waals surface area contributed by atoms with Crippen LogP contribution < -0.4 is 4.74 Å². The average molecular weight is 355 g/mol. The van der Waals surface area contributed by atoms with Crippen LogP contribution in [0, 0.1) is 0 Å². The molecule has 0 spiro atoms. The molecule has 5 nitrogen and oxygen atoms in total. The number of hydrogen-bond donors (Lipinski definition) is 0. The van der Waals surface area contributed by atoms with Crippen molar-refractivity contribution < 1.29 is 9.53 Å². The Bertz CT molecular complexity index is 876. The van der Waals surface area contributed by atoms with Gasteiger partial charge in [0.25, 0.3) is 0 Å². The number of rotatable bonds is 4. The zero-order valence-electron chi connectivity index (χ0n) is 14.3. The summed E-state index contributed by atoms with van der Waals surface area (Å²) in [6.07, 6.45) is 5.94. The number of imidazole rings is 1. The van der Waals surface area contributed by atoms with E-state index in [1.165, 1.54) is 6.42 Å². The van der Waals surface area contributed by atoms with Crippen molar-refractivity contribution in [1.82, 2.24) is 14.3 Å². The second kappa shape index (κ2) is 6.88. The van der Waals surface area contributed by atoms with Crippen molar-refractivity contribution in [1.29, 1.82) is 0 Å². The Labute approximate surface area is 150 Å². The van der Waals surface area contributed by atoms with Crippen molar-refractivity contribution in [2.75, 3.05) is 20.2 Å². The van der Waals surface area contributed by atoms with Crippen LogP contribution in [0.1, 0.15) is 25.0 Å². The highest BCUT2D eigenvalue weighted by Gasteiger charge is 2.19. The quantitative estimate of drug-likeness (QED) is 0.718. The molecular formula is C19H21N3O2S. The Morgan fingerprint density at radius 1 is 1.20 bits per heavy atom. The van der Waals surface area contributed by atoms with Gasteiger partial charge in [-0.15, -0.1) is 11.3 Å². The van der Waals surface area contributed by atoms with Crippen LogP contribution in [0.3, 0.4) is 0 Å². The Morgan fingerprint density at radius 3 is 2.68 bits per heavy atom. The van der Waals surface area contributed by atoms with Crippen molar-refractivity contribution >= 4 is 22.2 Å². The van der Waals surface area contributed by atoms with Crippen molar-refractivity contribution in [3.63, 3.8) is 0 Å². The number of carbonyl (C=O) groups excluding carboxylic acids is 1. The monoisotopic (exact) mass is 355 g/mol. The summed E-state index contributed by atoms with van der Waals surface area (Å²) in [5.74, 6) is 1.05. The molecule has 6 heteroatoms. The van der Waals surface area contributed by atoms with Gasteiger partial charge >= 0.3 is 0 Å². The van der Waals surface area contributed by atoms with Crippen LogP contribution in [0.4, 0.5) is 0 Å². The number of carbonyl (C=O) groups is 1. The molecule has 0 radical (unpaired) electrons. The van der Waals surface area contributed by atoms with Gasteiger partial charge in [-0.05, 0) is 43.5 Å². The molecule has 0 saturated carbocycles. The predicted octanol–water partition coefficient (Wildman–Crippen LogP) is 3.63. The number of nitrogens with zero attached hydrogens (tertiary/aromatic N) is 3. The number of ether oxygens (including phenoxy) is 1. The fourth-order valence-corrected chi connectivity index (χ4v) is 4.14. The minimum absolute atomic E-state index is 0.221. The zero-order valence-corrected chi connectivity index (χ0v) is 15.1. The number of aromatic nitrogens is 2. The topological polar surface area (TPSA) is 46.8 Å². The minimum atomic E-state index is 0.221. The fourth-order valence-electron chi connectivity index (χ4n) is 3.27. The van der Waals surface area contributed by atoms with Gasteiger partial charge in [0.1, 0.15) is 5.75 Å². The van der Waals surface area contributed by atoms with Crippen LogP contribution >= 0.6 is 11.3 Å². The van der Waals surface area contributed by atoms with Gasteiger partial charge < -0.3 is 9.64 Å². The molecule has 25 heavy (non-hydrogen) atoms. The van der Waals surface area contributed by atoms with Gasteiger partial charge in [0.05, 0.1) is 19.2 Å². The van der Waals surface area contributed by atoms with Crippen LogP contribution in [0.15, 0.2) is 35.8 Å². The maximum atomic E-state index is 12.5. The molecule has 1 saturated heterocycles. The first-order valence-corrected chi connectivity index (χ1v) is 9.50. The van der Waals surface area contributed by atoms with Gasteiger partial charge in [-0.3, -0.25) is 9.20 Å². The van der Waals surface area contributed by atoms with E-state index in [4.69, 9.17) is 9.72 Å². The maximum absolute atomic E-state index is 12.5. The molecule has 3 heterocycles. The standard InChI is InChI=1S/C19H21N3O2S/c1-24-16-7-5-14(6-8-16)17-12-22-15(13-25-19(22)20-17)11-18(23)21-9-3-2-4-10-21/h5-8,12-13H,2-4,9-11H2,1H3. The summed E-state index contributed by atoms with van der Waals surface area (Å²) in [5, 5.41) is 2.04. The number of hydrogen-bond acceptors (Lipinski definition) is 4. The summed E-state index contributed by atoms with van der Waals surface area (Å²) >= 11 is 1.58. The molecule has 0 aliphatic carbocycles. The van der Waals surface area contributed by atoms with Crippen LogP contribution in [0.5, 0.6) is 5.75 Å². The van der Waals surface area contributed by atoms with E-state index in [1.54, 1.807) is 18.4 Å². The lowest BCUT2D eigenvalue weighted by atomic mass is 10.1. The number of fused-ring (bicyclic) bond motifs is 1. The van der Waals surface area contributed by atoms with Crippen molar-refractivity contribution in [2.45, 2.75) is 25.7 Å². The largest absolute Gasteiger partial charge is 0.497 e. The third kappa shape index (κ3) is 3.26. The summed E-state index contributed by atoms with van der Waals surface area (Å²) in [7, 11) is 1.66. The van der Waals surface area contributed by atoms with Crippen molar-refractivity contribution in [2.24, 2.45) is 0 Å². The second-order valence-corrected chi connectivity index (χ2v) is 7.19. The Hall–Kier alpha value is -2.34. The second-order valence-electron chi connectivity index (χ2n) is 6.35. The molecule has 1 fully saturated rings. The lowest BCUT2D eigenvalue weighted by Crippen LogP contribution is -2.36. The highest BCUT2D eigenvalue weighted by Crippen LogP contribution is 2.26. The van der Waals surface area contributed by atoms with Crippen LogP contribution in [-0.2, 0) is 11.2 Å². The van der Waals surface area contributed by atoms with Crippen LogP contribution in [0.2, 0.25) is 0 Å². The van der Waals surface area contributed by atoms with Gasteiger partial charge in [-0.1, -0.05) is 0 Å². The molecule has 1 amide bonds. The normalized spacial score (nSPS) is 14.8. The van der Waals surface area contributed by atoms with Crippen molar-refractivity contribution in [3.05, 3.63) is 41.5 Å². The minimum Gasteiger partial charge on any atom is -0.497 e. The number of thiazole rings is 1. The van der Waals surface area contributed by atoms with E-state index in [9.17, 15) is 4.79 Å². The highest BCUT2D eigenvalue weighted by molar-refractivity contribution is 7.15. The molecule has 130 valence electrons. The van der Waals surface area contributed by atoms with E-state index in [0.29, 0.717) is 6.42 Å². The summed E-state index contributed by atoms with van der Waals surface area (Å²) in [5.41, 5.74) is 2.98. The molecule has 3 aromatic rings. The SMILES string of the molecule is COc1ccc(-c2cn3c(CC(=O)N4CCCCC4)csc3n2)cc1. The van der Waals surface area contributed by atoms with Gasteiger partial charge in [0.15, 0.2) is 4.96 Å². The number of methoxy groups -OCH3 is 1. The molecule has 0 atom stereocenters. The molecule has 2 aromatic heterocycles. The first kappa shape index (κ1) is 16.1. The summed E-state index contributed by atoms with van der Waals surface area (Å²) < 4.78 is 7.25. The Balaban J connectivity index is 1.56. The smallest absolute Gasteiger partial charge is 0.228 e. The first-order valence-electron chi connectivity index (χ1n) is 8.62. The predicted molar refractivity (Wildman–Crippen MR) is 99.2 cm³/mol. The first-order chi connectivity index (χ1) is 12.2. The van der Waals surface area contributed by atoms with E-state index >= 15 is 0 Å². The third-order valence-electron chi connectivity index (χ3n) is 4.71. The van der Waals surface area contributed by atoms with Gasteiger partial charge in [-0.2, -0.15) is 0 Å². The lowest BCUT2D eigenvalue weighted by molar-refractivity contribution is -0.131. The molecule has 0 N–H and O–H groups in total. The molecule has 0 unspecified atom stereocenters. The van der Waals surface area contributed by atoms with Crippen LogP contribution in [-0.4, -0.2) is 40.4 Å². The number of piperidine rings is 1. The highest BCUT2D eigenvalue weighted by atomic mass is 32.1. The van der Waals surface area contributed by atoms with Crippen molar-refractivity contribution in [3.8, 4) is 17.0 Å². The number of benzene rings is 1. The summed E-state index contributed by atoms with van der Waals surface area (Å²) in [4.78, 5) is 20.2.